The molecule has 0 unspecified atom stereocenters. The van der Waals surface area contributed by atoms with Crippen molar-refractivity contribution in [2.45, 2.75) is 37.8 Å². The van der Waals surface area contributed by atoms with Crippen molar-refractivity contribution in [1.29, 1.82) is 0 Å². The standard InChI is InChI=1S/C15H22N2O3.ClH/c1-19-12-6-5-11(13(9-12)20-2)10-17-14(18)15(16)7-3-4-8-15;/h5-6,9H,3-4,7-8,10,16H2,1-2H3,(H,17,18);1H. The van der Waals surface area contributed by atoms with Gasteiger partial charge in [0.15, 0.2) is 0 Å². The van der Waals surface area contributed by atoms with Crippen LogP contribution in [-0.2, 0) is 11.3 Å². The number of carbonyl (C=O) groups is 1. The van der Waals surface area contributed by atoms with E-state index in [0.29, 0.717) is 12.3 Å². The van der Waals surface area contributed by atoms with Crippen molar-refractivity contribution in [3.05, 3.63) is 23.8 Å². The van der Waals surface area contributed by atoms with Crippen LogP contribution >= 0.6 is 12.4 Å². The third kappa shape index (κ3) is 4.02. The van der Waals surface area contributed by atoms with Crippen molar-refractivity contribution >= 4 is 18.3 Å². The molecule has 118 valence electrons. The minimum Gasteiger partial charge on any atom is -0.497 e. The number of rotatable bonds is 5. The molecule has 3 N–H and O–H groups in total. The fourth-order valence-electron chi connectivity index (χ4n) is 2.58. The summed E-state index contributed by atoms with van der Waals surface area (Å²) in [4.78, 5) is 12.2. The van der Waals surface area contributed by atoms with Crippen LogP contribution in [0.3, 0.4) is 0 Å². The second kappa shape index (κ2) is 7.52. The van der Waals surface area contributed by atoms with Crippen molar-refractivity contribution in [1.82, 2.24) is 5.32 Å². The molecule has 5 nitrogen and oxygen atoms in total. The highest BCUT2D eigenvalue weighted by molar-refractivity contribution is 5.86. The molecule has 0 bridgehead atoms. The van der Waals surface area contributed by atoms with Crippen LogP contribution in [0, 0.1) is 0 Å². The lowest BCUT2D eigenvalue weighted by molar-refractivity contribution is -0.126. The van der Waals surface area contributed by atoms with Gasteiger partial charge < -0.3 is 20.5 Å². The molecule has 0 aromatic heterocycles. The summed E-state index contributed by atoms with van der Waals surface area (Å²) in [6.07, 6.45) is 3.57. The van der Waals surface area contributed by atoms with Gasteiger partial charge in [0.2, 0.25) is 5.91 Å². The van der Waals surface area contributed by atoms with Gasteiger partial charge in [-0.2, -0.15) is 0 Å². The quantitative estimate of drug-likeness (QED) is 0.872. The van der Waals surface area contributed by atoms with E-state index in [2.05, 4.69) is 5.32 Å². The van der Waals surface area contributed by atoms with E-state index in [1.165, 1.54) is 0 Å². The van der Waals surface area contributed by atoms with Gasteiger partial charge in [-0.1, -0.05) is 12.8 Å². The summed E-state index contributed by atoms with van der Waals surface area (Å²) in [7, 11) is 3.20. The summed E-state index contributed by atoms with van der Waals surface area (Å²) < 4.78 is 10.5. The first-order valence-electron chi connectivity index (χ1n) is 6.87. The normalized spacial score (nSPS) is 16.0. The van der Waals surface area contributed by atoms with E-state index >= 15 is 0 Å². The minimum atomic E-state index is -0.695. The molecule has 0 atom stereocenters. The molecule has 1 aliphatic rings. The number of amides is 1. The van der Waals surface area contributed by atoms with Gasteiger partial charge in [0.25, 0.3) is 0 Å². The molecule has 0 heterocycles. The first kappa shape index (κ1) is 17.6. The van der Waals surface area contributed by atoms with E-state index < -0.39 is 5.54 Å². The van der Waals surface area contributed by atoms with Crippen molar-refractivity contribution in [2.24, 2.45) is 5.73 Å². The average molecular weight is 315 g/mol. The molecular weight excluding hydrogens is 292 g/mol. The van der Waals surface area contributed by atoms with Crippen LogP contribution in [0.15, 0.2) is 18.2 Å². The summed E-state index contributed by atoms with van der Waals surface area (Å²) in [5.74, 6) is 1.35. The monoisotopic (exact) mass is 314 g/mol. The summed E-state index contributed by atoms with van der Waals surface area (Å²) in [5.41, 5.74) is 6.33. The van der Waals surface area contributed by atoms with Crippen molar-refractivity contribution in [3.8, 4) is 11.5 Å². The van der Waals surface area contributed by atoms with E-state index in [9.17, 15) is 4.79 Å². The lowest BCUT2D eigenvalue weighted by Crippen LogP contribution is -2.51. The van der Waals surface area contributed by atoms with Crippen molar-refractivity contribution < 1.29 is 14.3 Å². The van der Waals surface area contributed by atoms with Gasteiger partial charge in [0, 0.05) is 18.2 Å². The van der Waals surface area contributed by atoms with E-state index in [1.807, 2.05) is 12.1 Å². The molecule has 6 heteroatoms. The van der Waals surface area contributed by atoms with Crippen molar-refractivity contribution in [2.75, 3.05) is 14.2 Å². The lowest BCUT2D eigenvalue weighted by Gasteiger charge is -2.22. The highest BCUT2D eigenvalue weighted by Crippen LogP contribution is 2.28. The zero-order valence-corrected chi connectivity index (χ0v) is 13.3. The molecule has 0 aliphatic heterocycles. The molecule has 1 amide bonds. The topological polar surface area (TPSA) is 73.6 Å². The first-order valence-corrected chi connectivity index (χ1v) is 6.87. The smallest absolute Gasteiger partial charge is 0.240 e. The second-order valence-electron chi connectivity index (χ2n) is 5.22. The average Bonchev–Trinajstić information content (AvgIpc) is 2.92. The Morgan fingerprint density at radius 2 is 1.95 bits per heavy atom. The fraction of sp³-hybridized carbons (Fsp3) is 0.533. The Morgan fingerprint density at radius 3 is 2.52 bits per heavy atom. The molecule has 1 fully saturated rings. The Hall–Kier alpha value is -1.46. The SMILES string of the molecule is COc1ccc(CNC(=O)C2(N)CCCC2)c(OC)c1.Cl. The Morgan fingerprint density at radius 1 is 1.29 bits per heavy atom. The molecule has 0 saturated heterocycles. The predicted octanol–water partition coefficient (Wildman–Crippen LogP) is 2.01. The summed E-state index contributed by atoms with van der Waals surface area (Å²) >= 11 is 0. The number of hydrogen-bond donors (Lipinski definition) is 2. The van der Waals surface area contributed by atoms with Crippen LogP contribution in [0.25, 0.3) is 0 Å². The number of methoxy groups -OCH3 is 2. The maximum absolute atomic E-state index is 12.2. The molecule has 0 radical (unpaired) electrons. The molecule has 2 rings (SSSR count). The third-order valence-corrected chi connectivity index (χ3v) is 3.88. The molecule has 1 aliphatic carbocycles. The van der Waals surface area contributed by atoms with Crippen LogP contribution in [-0.4, -0.2) is 25.7 Å². The maximum atomic E-state index is 12.2. The fourth-order valence-corrected chi connectivity index (χ4v) is 2.58. The zero-order chi connectivity index (χ0) is 14.6. The van der Waals surface area contributed by atoms with E-state index in [-0.39, 0.29) is 18.3 Å². The van der Waals surface area contributed by atoms with Crippen LogP contribution in [0.5, 0.6) is 11.5 Å². The first-order chi connectivity index (χ1) is 9.59. The summed E-state index contributed by atoms with van der Waals surface area (Å²) in [6, 6.07) is 5.53. The number of nitrogens with two attached hydrogens (primary N) is 1. The molecule has 1 aromatic rings. The second-order valence-corrected chi connectivity index (χ2v) is 5.22. The molecule has 0 spiro atoms. The van der Waals surface area contributed by atoms with E-state index in [0.717, 1.165) is 37.0 Å². The van der Waals surface area contributed by atoms with Gasteiger partial charge in [-0.3, -0.25) is 4.79 Å². The van der Waals surface area contributed by atoms with Gasteiger partial charge in [-0.15, -0.1) is 12.4 Å². The Balaban J connectivity index is 0.00000220. The highest BCUT2D eigenvalue weighted by Gasteiger charge is 2.36. The molecular formula is C15H23ClN2O3. The molecule has 1 saturated carbocycles. The number of hydrogen-bond acceptors (Lipinski definition) is 4. The minimum absolute atomic E-state index is 0. The van der Waals surface area contributed by atoms with Gasteiger partial charge in [-0.05, 0) is 25.0 Å². The number of ether oxygens (including phenoxy) is 2. The van der Waals surface area contributed by atoms with Crippen molar-refractivity contribution in [3.63, 3.8) is 0 Å². The van der Waals surface area contributed by atoms with Gasteiger partial charge >= 0.3 is 0 Å². The number of halogens is 1. The van der Waals surface area contributed by atoms with E-state index in [4.69, 9.17) is 15.2 Å². The van der Waals surface area contributed by atoms with Gasteiger partial charge in [-0.25, -0.2) is 0 Å². The molecule has 21 heavy (non-hydrogen) atoms. The summed E-state index contributed by atoms with van der Waals surface area (Å²) in [5, 5.41) is 2.91. The maximum Gasteiger partial charge on any atom is 0.240 e. The number of carbonyl (C=O) groups excluding carboxylic acids is 1. The van der Waals surface area contributed by atoms with Gasteiger partial charge in [0.1, 0.15) is 11.5 Å². The number of nitrogens with one attached hydrogen (secondary N) is 1. The Kier molecular flexibility index (Phi) is 6.30. The van der Waals surface area contributed by atoms with Crippen LogP contribution < -0.4 is 20.5 Å². The van der Waals surface area contributed by atoms with E-state index in [1.54, 1.807) is 20.3 Å². The third-order valence-electron chi connectivity index (χ3n) is 3.88. The lowest BCUT2D eigenvalue weighted by atomic mass is 9.98. The Labute approximate surface area is 131 Å². The zero-order valence-electron chi connectivity index (χ0n) is 12.5. The number of benzene rings is 1. The highest BCUT2D eigenvalue weighted by atomic mass is 35.5. The predicted molar refractivity (Wildman–Crippen MR) is 84.0 cm³/mol. The summed E-state index contributed by atoms with van der Waals surface area (Å²) in [6.45, 7) is 0.408. The van der Waals surface area contributed by atoms with Crippen LogP contribution in [0.2, 0.25) is 0 Å². The Bertz CT molecular complexity index is 488. The van der Waals surface area contributed by atoms with Crippen LogP contribution in [0.4, 0.5) is 0 Å². The largest absolute Gasteiger partial charge is 0.497 e. The van der Waals surface area contributed by atoms with Crippen LogP contribution in [0.1, 0.15) is 31.2 Å². The van der Waals surface area contributed by atoms with Gasteiger partial charge in [0.05, 0.1) is 19.8 Å². The molecule has 1 aromatic carbocycles.